The van der Waals surface area contributed by atoms with Crippen molar-refractivity contribution in [3.63, 3.8) is 0 Å². The maximum atomic E-state index is 6.18. The lowest BCUT2D eigenvalue weighted by molar-refractivity contribution is 0.396. The molecule has 1 N–H and O–H groups in total. The molecule has 114 valence electrons. The van der Waals surface area contributed by atoms with Gasteiger partial charge in [-0.25, -0.2) is 4.98 Å². The smallest absolute Gasteiger partial charge is 0.229 e. The van der Waals surface area contributed by atoms with Gasteiger partial charge < -0.3 is 10.1 Å². The normalized spacial score (nSPS) is 11.0. The predicted octanol–water partition coefficient (Wildman–Crippen LogP) is 4.79. The number of halogens is 3. The van der Waals surface area contributed by atoms with Crippen molar-refractivity contribution < 1.29 is 4.74 Å². The number of rotatable bonds is 3. The monoisotopic (exact) mass is 400 g/mol. The third-order valence-corrected chi connectivity index (χ3v) is 4.36. The van der Waals surface area contributed by atoms with Crippen LogP contribution >= 0.6 is 39.1 Å². The van der Waals surface area contributed by atoms with Gasteiger partial charge in [-0.3, -0.25) is 4.57 Å². The molecule has 8 heteroatoms. The van der Waals surface area contributed by atoms with Crippen molar-refractivity contribution in [2.45, 2.75) is 0 Å². The highest BCUT2D eigenvalue weighted by Gasteiger charge is 2.15. The number of aryl methyl sites for hydroxylation is 1. The van der Waals surface area contributed by atoms with E-state index in [0.717, 1.165) is 9.99 Å². The van der Waals surface area contributed by atoms with Gasteiger partial charge in [0.1, 0.15) is 5.52 Å². The Morgan fingerprint density at radius 3 is 2.55 bits per heavy atom. The standard InChI is InChI=1S/C14H11BrCl2N4O/c1-21-12-10(6-7(15)13(20-12)22-2)18-14(21)19-11-8(16)4-3-5-9(11)17/h3-6H,1-2H3,(H,18,19). The summed E-state index contributed by atoms with van der Waals surface area (Å²) in [6.45, 7) is 0. The molecule has 0 atom stereocenters. The number of ether oxygens (including phenoxy) is 1. The number of aromatic nitrogens is 3. The van der Waals surface area contributed by atoms with Gasteiger partial charge in [-0.15, -0.1) is 0 Å². The molecule has 0 aliphatic rings. The highest BCUT2D eigenvalue weighted by molar-refractivity contribution is 9.10. The quantitative estimate of drug-likeness (QED) is 0.685. The lowest BCUT2D eigenvalue weighted by Gasteiger charge is -2.09. The first-order valence-electron chi connectivity index (χ1n) is 6.29. The summed E-state index contributed by atoms with van der Waals surface area (Å²) < 4.78 is 7.76. The second-order valence-electron chi connectivity index (χ2n) is 4.54. The number of benzene rings is 1. The van der Waals surface area contributed by atoms with E-state index in [4.69, 9.17) is 27.9 Å². The van der Waals surface area contributed by atoms with Crippen molar-refractivity contribution in [3.05, 3.63) is 38.8 Å². The first-order valence-corrected chi connectivity index (χ1v) is 7.84. The van der Waals surface area contributed by atoms with Gasteiger partial charge in [0.25, 0.3) is 0 Å². The van der Waals surface area contributed by atoms with Gasteiger partial charge in [0.2, 0.25) is 11.8 Å². The highest BCUT2D eigenvalue weighted by Crippen LogP contribution is 2.34. The molecule has 2 aromatic heterocycles. The Kier molecular flexibility index (Phi) is 4.16. The molecular formula is C14H11BrCl2N4O. The molecule has 0 spiro atoms. The highest BCUT2D eigenvalue weighted by atomic mass is 79.9. The summed E-state index contributed by atoms with van der Waals surface area (Å²) in [7, 11) is 3.42. The molecule has 22 heavy (non-hydrogen) atoms. The second-order valence-corrected chi connectivity index (χ2v) is 6.21. The van der Waals surface area contributed by atoms with Crippen LogP contribution in [0.4, 0.5) is 11.6 Å². The lowest BCUT2D eigenvalue weighted by atomic mass is 10.3. The Morgan fingerprint density at radius 1 is 1.23 bits per heavy atom. The number of methoxy groups -OCH3 is 1. The Morgan fingerprint density at radius 2 is 1.91 bits per heavy atom. The van der Waals surface area contributed by atoms with Crippen molar-refractivity contribution in [3.8, 4) is 5.88 Å². The number of nitrogens with one attached hydrogen (secondary N) is 1. The summed E-state index contributed by atoms with van der Waals surface area (Å²) in [6, 6.07) is 7.15. The number of hydrogen-bond acceptors (Lipinski definition) is 4. The van der Waals surface area contributed by atoms with Crippen LogP contribution in [0.2, 0.25) is 10.0 Å². The van der Waals surface area contributed by atoms with Gasteiger partial charge in [-0.1, -0.05) is 29.3 Å². The predicted molar refractivity (Wildman–Crippen MR) is 92.5 cm³/mol. The summed E-state index contributed by atoms with van der Waals surface area (Å²) >= 11 is 15.8. The maximum absolute atomic E-state index is 6.18. The molecular weight excluding hydrogens is 391 g/mol. The molecule has 0 radical (unpaired) electrons. The zero-order valence-electron chi connectivity index (χ0n) is 11.7. The van der Waals surface area contributed by atoms with E-state index in [1.165, 1.54) is 0 Å². The zero-order chi connectivity index (χ0) is 15.9. The Bertz CT molecular complexity index is 845. The molecule has 2 heterocycles. The average molecular weight is 402 g/mol. The average Bonchev–Trinajstić information content (AvgIpc) is 2.78. The van der Waals surface area contributed by atoms with Crippen molar-refractivity contribution in [2.75, 3.05) is 12.4 Å². The van der Waals surface area contributed by atoms with Crippen LogP contribution in [0.15, 0.2) is 28.7 Å². The molecule has 3 rings (SSSR count). The third kappa shape index (κ3) is 2.62. The van der Waals surface area contributed by atoms with Crippen LogP contribution in [-0.4, -0.2) is 21.6 Å². The molecule has 5 nitrogen and oxygen atoms in total. The largest absolute Gasteiger partial charge is 0.480 e. The van der Waals surface area contributed by atoms with Crippen LogP contribution in [0.3, 0.4) is 0 Å². The van der Waals surface area contributed by atoms with Crippen LogP contribution in [0.25, 0.3) is 11.2 Å². The Hall–Kier alpha value is -1.50. The van der Waals surface area contributed by atoms with E-state index in [2.05, 4.69) is 31.2 Å². The van der Waals surface area contributed by atoms with Gasteiger partial charge in [-0.05, 0) is 34.1 Å². The van der Waals surface area contributed by atoms with Crippen molar-refractivity contribution in [1.29, 1.82) is 0 Å². The Balaban J connectivity index is 2.10. The molecule has 0 saturated carbocycles. The van der Waals surface area contributed by atoms with Crippen LogP contribution in [0.1, 0.15) is 0 Å². The van der Waals surface area contributed by atoms with Crippen LogP contribution in [-0.2, 0) is 7.05 Å². The minimum atomic E-state index is 0.498. The van der Waals surface area contributed by atoms with E-state index in [1.807, 2.05) is 17.7 Å². The van der Waals surface area contributed by atoms with E-state index in [0.29, 0.717) is 33.2 Å². The van der Waals surface area contributed by atoms with Crippen molar-refractivity contribution >= 4 is 61.9 Å². The number of fused-ring (bicyclic) bond motifs is 1. The van der Waals surface area contributed by atoms with E-state index < -0.39 is 0 Å². The topological polar surface area (TPSA) is 52.0 Å². The first-order chi connectivity index (χ1) is 10.5. The van der Waals surface area contributed by atoms with Gasteiger partial charge in [0.15, 0.2) is 5.65 Å². The SMILES string of the molecule is COc1nc2c(cc1Br)nc(Nc1c(Cl)cccc1Cl)n2C. The summed E-state index contributed by atoms with van der Waals surface area (Å²) in [5.41, 5.74) is 2.02. The minimum Gasteiger partial charge on any atom is -0.480 e. The molecule has 1 aromatic carbocycles. The van der Waals surface area contributed by atoms with Crippen LogP contribution in [0, 0.1) is 0 Å². The third-order valence-electron chi connectivity index (χ3n) is 3.16. The number of nitrogens with zero attached hydrogens (tertiary/aromatic N) is 3. The van der Waals surface area contributed by atoms with Crippen molar-refractivity contribution in [1.82, 2.24) is 14.5 Å². The van der Waals surface area contributed by atoms with Gasteiger partial charge in [0.05, 0.1) is 27.3 Å². The van der Waals surface area contributed by atoms with Crippen LogP contribution in [0.5, 0.6) is 5.88 Å². The van der Waals surface area contributed by atoms with Crippen LogP contribution < -0.4 is 10.1 Å². The van der Waals surface area contributed by atoms with E-state index in [1.54, 1.807) is 25.3 Å². The maximum Gasteiger partial charge on any atom is 0.229 e. The number of para-hydroxylation sites is 1. The molecule has 0 amide bonds. The fourth-order valence-corrected chi connectivity index (χ4v) is 3.01. The minimum absolute atomic E-state index is 0.498. The molecule has 3 aromatic rings. The molecule has 0 saturated heterocycles. The number of hydrogen-bond donors (Lipinski definition) is 1. The Labute approximate surface area is 145 Å². The van der Waals surface area contributed by atoms with Gasteiger partial charge >= 0.3 is 0 Å². The molecule has 0 aliphatic carbocycles. The second kappa shape index (κ2) is 5.95. The number of pyridine rings is 1. The fraction of sp³-hybridized carbons (Fsp3) is 0.143. The van der Waals surface area contributed by atoms with Crippen molar-refractivity contribution in [2.24, 2.45) is 7.05 Å². The summed E-state index contributed by atoms with van der Waals surface area (Å²) in [5, 5.41) is 4.19. The summed E-state index contributed by atoms with van der Waals surface area (Å²) in [4.78, 5) is 8.94. The fourth-order valence-electron chi connectivity index (χ4n) is 2.06. The summed E-state index contributed by atoms with van der Waals surface area (Å²) in [5.74, 6) is 1.08. The van der Waals surface area contributed by atoms with E-state index >= 15 is 0 Å². The molecule has 0 unspecified atom stereocenters. The lowest BCUT2D eigenvalue weighted by Crippen LogP contribution is -2.01. The number of imidazole rings is 1. The van der Waals surface area contributed by atoms with Gasteiger partial charge in [-0.2, -0.15) is 4.98 Å². The van der Waals surface area contributed by atoms with E-state index in [-0.39, 0.29) is 0 Å². The molecule has 0 fully saturated rings. The van der Waals surface area contributed by atoms with E-state index in [9.17, 15) is 0 Å². The first kappa shape index (κ1) is 15.4. The molecule has 0 aliphatic heterocycles. The number of anilines is 2. The molecule has 0 bridgehead atoms. The van der Waals surface area contributed by atoms with Gasteiger partial charge in [0, 0.05) is 7.05 Å². The summed E-state index contributed by atoms with van der Waals surface area (Å²) in [6.07, 6.45) is 0. The zero-order valence-corrected chi connectivity index (χ0v) is 14.8.